The van der Waals surface area contributed by atoms with Crippen LogP contribution in [0.3, 0.4) is 0 Å². The summed E-state index contributed by atoms with van der Waals surface area (Å²) in [6.07, 6.45) is 8.76. The highest BCUT2D eigenvalue weighted by molar-refractivity contribution is 6.33. The van der Waals surface area contributed by atoms with Crippen LogP contribution < -0.4 is 20.7 Å². The molecule has 0 aliphatic carbocycles. The number of piperidine rings is 1. The summed E-state index contributed by atoms with van der Waals surface area (Å²) in [5, 5.41) is 12.0. The first-order valence-electron chi connectivity index (χ1n) is 13.0. The van der Waals surface area contributed by atoms with Crippen LogP contribution in [-0.4, -0.2) is 47.5 Å². The number of carbonyl (C=O) groups excluding carboxylic acids is 1. The summed E-state index contributed by atoms with van der Waals surface area (Å²) >= 11 is 6.40. The molecule has 1 aliphatic rings. The lowest BCUT2D eigenvalue weighted by molar-refractivity contribution is -0.111. The molecule has 1 aliphatic heterocycles. The quantitative estimate of drug-likeness (QED) is 0.201. The molecule has 1 saturated heterocycles. The second-order valence-electron chi connectivity index (χ2n) is 9.37. The smallest absolute Gasteiger partial charge is 0.248 e. The molecule has 2 heterocycles. The van der Waals surface area contributed by atoms with E-state index in [0.29, 0.717) is 33.9 Å². The van der Waals surface area contributed by atoms with Crippen LogP contribution in [0.5, 0.6) is 5.75 Å². The van der Waals surface area contributed by atoms with Crippen LogP contribution in [0, 0.1) is 0 Å². The van der Waals surface area contributed by atoms with Gasteiger partial charge in [-0.05, 0) is 67.0 Å². The number of carbonyl (C=O) groups is 1. The lowest BCUT2D eigenvalue weighted by atomic mass is 10.1. The average molecular weight is 543 g/mol. The summed E-state index contributed by atoms with van der Waals surface area (Å²) < 4.78 is 5.51. The Labute approximate surface area is 233 Å². The third-order valence-electron chi connectivity index (χ3n) is 6.55. The van der Waals surface area contributed by atoms with Gasteiger partial charge in [-0.15, -0.1) is 0 Å². The van der Waals surface area contributed by atoms with E-state index in [4.69, 9.17) is 16.3 Å². The van der Waals surface area contributed by atoms with Crippen LogP contribution in [0.2, 0.25) is 5.02 Å². The summed E-state index contributed by atoms with van der Waals surface area (Å²) in [5.74, 6) is 1.18. The second-order valence-corrected chi connectivity index (χ2v) is 9.78. The van der Waals surface area contributed by atoms with Gasteiger partial charge in [0.05, 0.1) is 19.0 Å². The molecule has 0 radical (unpaired) electrons. The van der Waals surface area contributed by atoms with Gasteiger partial charge in [0.1, 0.15) is 10.8 Å². The molecular weight excluding hydrogens is 512 g/mol. The average Bonchev–Trinajstić information content (AvgIpc) is 2.95. The van der Waals surface area contributed by atoms with E-state index in [0.717, 1.165) is 36.1 Å². The highest BCUT2D eigenvalue weighted by atomic mass is 35.5. The number of rotatable bonds is 9. The molecule has 4 aromatic rings. The number of nitrogens with one attached hydrogen (secondary N) is 3. The van der Waals surface area contributed by atoms with Gasteiger partial charge in [0.25, 0.3) is 0 Å². The number of likely N-dealkylation sites (tertiary alicyclic amines) is 1. The van der Waals surface area contributed by atoms with Crippen LogP contribution in [0.15, 0.2) is 79.0 Å². The summed E-state index contributed by atoms with van der Waals surface area (Å²) in [7, 11) is 1.58. The van der Waals surface area contributed by atoms with Gasteiger partial charge in [0.15, 0.2) is 5.82 Å². The van der Waals surface area contributed by atoms with Crippen molar-refractivity contribution in [1.29, 1.82) is 0 Å². The predicted octanol–water partition coefficient (Wildman–Crippen LogP) is 6.76. The van der Waals surface area contributed by atoms with Gasteiger partial charge in [-0.25, -0.2) is 4.98 Å². The molecule has 0 unspecified atom stereocenters. The van der Waals surface area contributed by atoms with E-state index >= 15 is 0 Å². The van der Waals surface area contributed by atoms with Crippen molar-refractivity contribution in [3.63, 3.8) is 0 Å². The Balaban J connectivity index is 1.27. The van der Waals surface area contributed by atoms with E-state index in [1.807, 2.05) is 36.4 Å². The minimum absolute atomic E-state index is 0.187. The maximum absolute atomic E-state index is 12.5. The highest BCUT2D eigenvalue weighted by Crippen LogP contribution is 2.31. The molecule has 39 heavy (non-hydrogen) atoms. The molecule has 0 atom stereocenters. The lowest BCUT2D eigenvalue weighted by Crippen LogP contribution is -2.29. The number of benzene rings is 3. The predicted molar refractivity (Wildman–Crippen MR) is 159 cm³/mol. The van der Waals surface area contributed by atoms with Gasteiger partial charge >= 0.3 is 0 Å². The number of ether oxygens (including phenoxy) is 1. The number of anilines is 5. The Hall–Kier alpha value is -4.14. The fourth-order valence-corrected chi connectivity index (χ4v) is 4.70. The summed E-state index contributed by atoms with van der Waals surface area (Å²) in [6, 6.07) is 19.5. The number of hydrogen-bond donors (Lipinski definition) is 3. The van der Waals surface area contributed by atoms with E-state index < -0.39 is 0 Å². The molecular formula is C30H31ClN6O2. The van der Waals surface area contributed by atoms with Crippen molar-refractivity contribution in [3.05, 3.63) is 84.0 Å². The third kappa shape index (κ3) is 7.04. The first-order chi connectivity index (χ1) is 19.1. The first kappa shape index (κ1) is 26.5. The van der Waals surface area contributed by atoms with Crippen LogP contribution >= 0.6 is 11.6 Å². The molecule has 0 saturated carbocycles. The number of nitrogens with zero attached hydrogens (tertiary/aromatic N) is 3. The molecule has 5 rings (SSSR count). The Bertz CT molecular complexity index is 1490. The minimum Gasteiger partial charge on any atom is -0.495 e. The van der Waals surface area contributed by atoms with E-state index in [9.17, 15) is 4.79 Å². The zero-order valence-electron chi connectivity index (χ0n) is 21.8. The van der Waals surface area contributed by atoms with Gasteiger partial charge in [0, 0.05) is 24.0 Å². The van der Waals surface area contributed by atoms with Crippen LogP contribution in [-0.2, 0) is 4.79 Å². The molecule has 8 nitrogen and oxygen atoms in total. The fourth-order valence-electron chi connectivity index (χ4n) is 4.56. The van der Waals surface area contributed by atoms with Crippen LogP contribution in [0.1, 0.15) is 19.3 Å². The molecule has 0 bridgehead atoms. The monoisotopic (exact) mass is 542 g/mol. The third-order valence-corrected chi connectivity index (χ3v) is 6.83. The Morgan fingerprint density at radius 3 is 2.62 bits per heavy atom. The van der Waals surface area contributed by atoms with E-state index in [-0.39, 0.29) is 5.91 Å². The van der Waals surface area contributed by atoms with Gasteiger partial charge in [-0.2, -0.15) is 4.98 Å². The van der Waals surface area contributed by atoms with Crippen molar-refractivity contribution in [1.82, 2.24) is 14.9 Å². The maximum Gasteiger partial charge on any atom is 0.248 e. The number of methoxy groups -OCH3 is 1. The van der Waals surface area contributed by atoms with Crippen LogP contribution in [0.25, 0.3) is 10.8 Å². The molecule has 9 heteroatoms. The second kappa shape index (κ2) is 12.6. The Morgan fingerprint density at radius 1 is 1.00 bits per heavy atom. The number of halogens is 1. The lowest BCUT2D eigenvalue weighted by Gasteiger charge is -2.24. The van der Waals surface area contributed by atoms with Crippen molar-refractivity contribution in [2.24, 2.45) is 0 Å². The van der Waals surface area contributed by atoms with E-state index in [1.54, 1.807) is 31.4 Å². The number of hydrogen-bond acceptors (Lipinski definition) is 7. The Kier molecular flexibility index (Phi) is 8.55. The molecule has 3 N–H and O–H groups in total. The van der Waals surface area contributed by atoms with E-state index in [2.05, 4.69) is 43.0 Å². The largest absolute Gasteiger partial charge is 0.495 e. The van der Waals surface area contributed by atoms with Crippen LogP contribution in [0.4, 0.5) is 28.8 Å². The zero-order chi connectivity index (χ0) is 27.0. The molecule has 1 fully saturated rings. The van der Waals surface area contributed by atoms with Crippen molar-refractivity contribution >= 4 is 57.1 Å². The SMILES string of the molecule is COc1ccc(NC(=O)/C=C/CN2CCCCC2)cc1Nc1ncc(Cl)c(Nc2ccc3ccccc3c2)n1. The van der Waals surface area contributed by atoms with Crippen molar-refractivity contribution in [3.8, 4) is 5.75 Å². The number of aromatic nitrogens is 2. The molecule has 200 valence electrons. The Morgan fingerprint density at radius 2 is 1.79 bits per heavy atom. The molecule has 0 spiro atoms. The molecule has 1 amide bonds. The highest BCUT2D eigenvalue weighted by Gasteiger charge is 2.12. The summed E-state index contributed by atoms with van der Waals surface area (Å²) in [4.78, 5) is 23.8. The first-order valence-corrected chi connectivity index (χ1v) is 13.4. The van der Waals surface area contributed by atoms with Crippen molar-refractivity contribution < 1.29 is 9.53 Å². The maximum atomic E-state index is 12.5. The summed E-state index contributed by atoms with van der Waals surface area (Å²) in [5.41, 5.74) is 2.08. The van der Waals surface area contributed by atoms with E-state index in [1.165, 1.54) is 25.5 Å². The molecule has 1 aromatic heterocycles. The van der Waals surface area contributed by atoms with Gasteiger partial charge in [0.2, 0.25) is 11.9 Å². The standard InChI is InChI=1S/C30H31ClN6O2/c1-39-27-14-13-24(33-28(38)10-7-17-37-15-5-2-6-16-37)19-26(27)35-30-32-20-25(31)29(36-30)34-23-12-11-21-8-3-4-9-22(21)18-23/h3-4,7-14,18-20H,2,5-6,15-17H2,1H3,(H,33,38)(H2,32,34,35,36)/b10-7+. The normalized spacial score (nSPS) is 13.9. The zero-order valence-corrected chi connectivity index (χ0v) is 22.5. The summed E-state index contributed by atoms with van der Waals surface area (Å²) in [6.45, 7) is 2.96. The fraction of sp³-hybridized carbons (Fsp3) is 0.233. The van der Waals surface area contributed by atoms with Crippen molar-refractivity contribution in [2.75, 3.05) is 42.7 Å². The topological polar surface area (TPSA) is 91.4 Å². The molecule has 3 aromatic carbocycles. The van der Waals surface area contributed by atoms with Gasteiger partial charge in [-0.1, -0.05) is 54.4 Å². The van der Waals surface area contributed by atoms with Crippen molar-refractivity contribution in [2.45, 2.75) is 19.3 Å². The van der Waals surface area contributed by atoms with Gasteiger partial charge in [-0.3, -0.25) is 9.69 Å². The number of fused-ring (bicyclic) bond motifs is 1. The number of amides is 1. The minimum atomic E-state index is -0.187. The van der Waals surface area contributed by atoms with Gasteiger partial charge < -0.3 is 20.7 Å².